The van der Waals surface area contributed by atoms with Crippen molar-refractivity contribution < 1.29 is 17.9 Å². The molecule has 0 saturated carbocycles. The number of halogens is 1. The van der Waals surface area contributed by atoms with Crippen molar-refractivity contribution in [1.29, 1.82) is 0 Å². The zero-order valence-electron chi connectivity index (χ0n) is 20.3. The van der Waals surface area contributed by atoms with Gasteiger partial charge in [-0.15, -0.1) is 10.2 Å². The Morgan fingerprint density at radius 2 is 2.17 bits per heavy atom. The first-order valence-corrected chi connectivity index (χ1v) is 13.2. The molecule has 12 heteroatoms. The quantitative estimate of drug-likeness (QED) is 0.371. The zero-order valence-corrected chi connectivity index (χ0v) is 21.9. The summed E-state index contributed by atoms with van der Waals surface area (Å²) in [5.74, 6) is 0.706. The van der Waals surface area contributed by atoms with Gasteiger partial charge in [0.25, 0.3) is 0 Å². The number of amidine groups is 1. The van der Waals surface area contributed by atoms with E-state index in [0.717, 1.165) is 30.5 Å². The number of rotatable bonds is 10. The zero-order chi connectivity index (χ0) is 25.6. The lowest BCUT2D eigenvalue weighted by atomic mass is 10.1. The molecule has 1 aromatic carbocycles. The first kappa shape index (κ1) is 27.0. The fourth-order valence-corrected chi connectivity index (χ4v) is 5.05. The van der Waals surface area contributed by atoms with Gasteiger partial charge in [-0.1, -0.05) is 36.7 Å². The standard InChI is InChI=1S/C23H31ClN6O4S/c1-6-17-10-7-8-11-18(17)30-22(19-12-9-13-34-19)27-28-23(30)29-35(31,32)16(3)20(33-5)21(25-4)26-14-15(2)24/h7-8,10-11,14,16,19-20H,4,6,9,12-13H2,1-3,5H3,(H,28,29)/b15-14+,26-21?/t16-,19-,20-/m0/s1. The number of nitrogens with zero attached hydrogens (tertiary/aromatic N) is 5. The maximum atomic E-state index is 13.5. The van der Waals surface area contributed by atoms with E-state index in [1.807, 2.05) is 31.2 Å². The van der Waals surface area contributed by atoms with E-state index in [-0.39, 0.29) is 17.9 Å². The summed E-state index contributed by atoms with van der Waals surface area (Å²) in [4.78, 5) is 7.97. The Bertz CT molecular complexity index is 1200. The van der Waals surface area contributed by atoms with E-state index in [9.17, 15) is 8.42 Å². The summed E-state index contributed by atoms with van der Waals surface area (Å²) in [6.07, 6.45) is 2.49. The topological polar surface area (TPSA) is 120 Å². The summed E-state index contributed by atoms with van der Waals surface area (Å²) in [7, 11) is -2.66. The highest BCUT2D eigenvalue weighted by Gasteiger charge is 2.35. The van der Waals surface area contributed by atoms with Crippen LogP contribution in [-0.2, 0) is 25.9 Å². The van der Waals surface area contributed by atoms with Gasteiger partial charge < -0.3 is 9.47 Å². The van der Waals surface area contributed by atoms with Crippen LogP contribution >= 0.6 is 11.6 Å². The maximum absolute atomic E-state index is 13.5. The summed E-state index contributed by atoms with van der Waals surface area (Å²) in [5, 5.41) is 7.82. The van der Waals surface area contributed by atoms with Crippen LogP contribution in [0.3, 0.4) is 0 Å². The maximum Gasteiger partial charge on any atom is 0.243 e. The van der Waals surface area contributed by atoms with Crippen LogP contribution in [0.5, 0.6) is 0 Å². The first-order chi connectivity index (χ1) is 16.7. The highest BCUT2D eigenvalue weighted by molar-refractivity contribution is 7.93. The predicted octanol–water partition coefficient (Wildman–Crippen LogP) is 4.03. The number of aliphatic imine (C=N–C) groups is 2. The van der Waals surface area contributed by atoms with Crippen molar-refractivity contribution >= 4 is 40.1 Å². The minimum absolute atomic E-state index is 0.0691. The third-order valence-electron chi connectivity index (χ3n) is 5.71. The number of sulfonamides is 1. The molecule has 1 fully saturated rings. The molecule has 0 unspecified atom stereocenters. The van der Waals surface area contributed by atoms with Crippen LogP contribution in [0.15, 0.2) is 45.5 Å². The van der Waals surface area contributed by atoms with E-state index in [1.54, 1.807) is 11.5 Å². The Morgan fingerprint density at radius 1 is 1.43 bits per heavy atom. The van der Waals surface area contributed by atoms with Gasteiger partial charge in [0.2, 0.25) is 16.0 Å². The number of allylic oxidation sites excluding steroid dienone is 1. The highest BCUT2D eigenvalue weighted by atomic mass is 35.5. The van der Waals surface area contributed by atoms with Crippen LogP contribution < -0.4 is 4.72 Å². The normalized spacial score (nSPS) is 18.9. The molecule has 0 aliphatic carbocycles. The average Bonchev–Trinajstić information content (AvgIpc) is 3.51. The molecule has 3 rings (SSSR count). The largest absolute Gasteiger partial charge is 0.372 e. The highest BCUT2D eigenvalue weighted by Crippen LogP contribution is 2.32. The third kappa shape index (κ3) is 6.16. The molecule has 0 radical (unpaired) electrons. The van der Waals surface area contributed by atoms with E-state index < -0.39 is 21.4 Å². The number of hydrogen-bond donors (Lipinski definition) is 1. The number of aromatic nitrogens is 3. The fraction of sp³-hybridized carbons (Fsp3) is 0.478. The van der Waals surface area contributed by atoms with Crippen LogP contribution in [0.25, 0.3) is 5.69 Å². The van der Waals surface area contributed by atoms with Gasteiger partial charge in [-0.25, -0.2) is 18.4 Å². The molecule has 0 spiro atoms. The van der Waals surface area contributed by atoms with Gasteiger partial charge >= 0.3 is 0 Å². The van der Waals surface area contributed by atoms with Crippen LogP contribution in [-0.4, -0.2) is 60.8 Å². The number of ether oxygens (including phenoxy) is 2. The summed E-state index contributed by atoms with van der Waals surface area (Å²) in [6, 6.07) is 7.72. The van der Waals surface area contributed by atoms with Crippen molar-refractivity contribution in [2.45, 2.75) is 57.5 Å². The van der Waals surface area contributed by atoms with E-state index in [2.05, 4.69) is 31.6 Å². The van der Waals surface area contributed by atoms with Gasteiger partial charge in [0.05, 0.1) is 5.69 Å². The molecule has 1 aliphatic rings. The van der Waals surface area contributed by atoms with Gasteiger partial charge in [0.1, 0.15) is 17.5 Å². The minimum Gasteiger partial charge on any atom is -0.372 e. The lowest BCUT2D eigenvalue weighted by Gasteiger charge is -2.23. The summed E-state index contributed by atoms with van der Waals surface area (Å²) >= 11 is 5.85. The molecule has 0 amide bonds. The molecule has 2 aromatic rings. The predicted molar refractivity (Wildman–Crippen MR) is 138 cm³/mol. The molecule has 0 bridgehead atoms. The van der Waals surface area contributed by atoms with Crippen LogP contribution in [0.4, 0.5) is 5.95 Å². The molecule has 3 atom stereocenters. The molecule has 35 heavy (non-hydrogen) atoms. The fourth-order valence-electron chi connectivity index (χ4n) is 3.87. The molecular weight excluding hydrogens is 492 g/mol. The number of nitrogens with one attached hydrogen (secondary N) is 1. The molecule has 190 valence electrons. The molecule has 1 aromatic heterocycles. The van der Waals surface area contributed by atoms with Crippen LogP contribution in [0.1, 0.15) is 51.1 Å². The Hall–Kier alpha value is -2.60. The van der Waals surface area contributed by atoms with E-state index >= 15 is 0 Å². The Labute approximate surface area is 211 Å². The third-order valence-corrected chi connectivity index (χ3v) is 7.50. The van der Waals surface area contributed by atoms with E-state index in [1.165, 1.54) is 20.2 Å². The van der Waals surface area contributed by atoms with Crippen molar-refractivity contribution in [2.75, 3.05) is 18.4 Å². The number of benzene rings is 1. The molecular formula is C23H31ClN6O4S. The van der Waals surface area contributed by atoms with Crippen molar-refractivity contribution in [3.05, 3.63) is 46.9 Å². The molecule has 2 heterocycles. The number of hydrogen-bond acceptors (Lipinski definition) is 7. The lowest BCUT2D eigenvalue weighted by molar-refractivity contribution is 0.103. The summed E-state index contributed by atoms with van der Waals surface area (Å²) < 4.78 is 42.5. The monoisotopic (exact) mass is 522 g/mol. The summed E-state index contributed by atoms with van der Waals surface area (Å²) in [6.45, 7) is 9.28. The minimum atomic E-state index is -4.04. The molecule has 1 saturated heterocycles. The van der Waals surface area contributed by atoms with E-state index in [0.29, 0.717) is 17.5 Å². The second-order valence-electron chi connectivity index (χ2n) is 8.07. The van der Waals surface area contributed by atoms with Crippen molar-refractivity contribution in [1.82, 2.24) is 14.8 Å². The van der Waals surface area contributed by atoms with Gasteiger partial charge in [-0.05, 0) is 51.5 Å². The van der Waals surface area contributed by atoms with Crippen molar-refractivity contribution in [3.63, 3.8) is 0 Å². The lowest BCUT2D eigenvalue weighted by Crippen LogP contribution is -2.41. The molecule has 1 N–H and O–H groups in total. The van der Waals surface area contributed by atoms with Crippen LogP contribution in [0, 0.1) is 0 Å². The molecule has 1 aliphatic heterocycles. The number of aryl methyl sites for hydroxylation is 1. The second-order valence-corrected chi connectivity index (χ2v) is 10.7. The number of methoxy groups -OCH3 is 1. The SMILES string of the molecule is C=NC(=N/C=C(\C)Cl)[C@@H](OC)[C@H](C)S(=O)(=O)Nc1nnc([C@@H]2CCCO2)n1-c1ccccc1CC. The van der Waals surface area contributed by atoms with Crippen LogP contribution in [0.2, 0.25) is 0 Å². The van der Waals surface area contributed by atoms with Gasteiger partial charge in [0.15, 0.2) is 11.7 Å². The summed E-state index contributed by atoms with van der Waals surface area (Å²) in [5.41, 5.74) is 1.81. The number of anilines is 1. The number of para-hydroxylation sites is 1. The van der Waals surface area contributed by atoms with Crippen molar-refractivity contribution in [3.8, 4) is 5.69 Å². The van der Waals surface area contributed by atoms with Gasteiger partial charge in [-0.2, -0.15) is 0 Å². The average molecular weight is 523 g/mol. The Kier molecular flexibility index (Phi) is 9.17. The first-order valence-electron chi connectivity index (χ1n) is 11.3. The Morgan fingerprint density at radius 3 is 2.77 bits per heavy atom. The van der Waals surface area contributed by atoms with Crippen molar-refractivity contribution in [2.24, 2.45) is 9.98 Å². The van der Waals surface area contributed by atoms with E-state index in [4.69, 9.17) is 21.1 Å². The van der Waals surface area contributed by atoms with Gasteiger partial charge in [-0.3, -0.25) is 9.29 Å². The Balaban J connectivity index is 2.03. The second kappa shape index (κ2) is 11.9. The smallest absolute Gasteiger partial charge is 0.243 e. The van der Waals surface area contributed by atoms with Gasteiger partial charge in [0, 0.05) is 24.9 Å². The molecule has 10 nitrogen and oxygen atoms in total.